The maximum absolute atomic E-state index is 12.4. The van der Waals surface area contributed by atoms with E-state index >= 15 is 0 Å². The van der Waals surface area contributed by atoms with E-state index in [1.165, 1.54) is 11.1 Å². The van der Waals surface area contributed by atoms with Crippen LogP contribution < -0.4 is 5.32 Å². The molecule has 0 fully saturated rings. The van der Waals surface area contributed by atoms with Crippen molar-refractivity contribution < 1.29 is 9.32 Å². The van der Waals surface area contributed by atoms with Crippen LogP contribution in [-0.2, 0) is 17.9 Å². The van der Waals surface area contributed by atoms with E-state index in [0.29, 0.717) is 29.8 Å². The van der Waals surface area contributed by atoms with E-state index < -0.39 is 0 Å². The molecule has 152 valence electrons. The molecule has 30 heavy (non-hydrogen) atoms. The van der Waals surface area contributed by atoms with Crippen molar-refractivity contribution in [1.82, 2.24) is 25.0 Å². The minimum absolute atomic E-state index is 0.0848. The predicted octanol–water partition coefficient (Wildman–Crippen LogP) is 3.84. The van der Waals surface area contributed by atoms with Crippen LogP contribution in [0.1, 0.15) is 22.5 Å². The van der Waals surface area contributed by atoms with E-state index in [-0.39, 0.29) is 12.5 Å². The average Bonchev–Trinajstić information content (AvgIpc) is 3.37. The van der Waals surface area contributed by atoms with Gasteiger partial charge in [0.15, 0.2) is 0 Å². The van der Waals surface area contributed by atoms with Crippen molar-refractivity contribution in [1.29, 1.82) is 0 Å². The fraction of sp³-hybridized carbons (Fsp3) is 0.217. The van der Waals surface area contributed by atoms with E-state index in [9.17, 15) is 4.79 Å². The maximum atomic E-state index is 12.4. The lowest BCUT2D eigenvalue weighted by Gasteiger charge is -2.08. The lowest BCUT2D eigenvalue weighted by molar-refractivity contribution is -0.121. The Labute approximate surface area is 174 Å². The second kappa shape index (κ2) is 8.32. The summed E-state index contributed by atoms with van der Waals surface area (Å²) in [6, 6.07) is 15.8. The van der Waals surface area contributed by atoms with Crippen molar-refractivity contribution >= 4 is 5.91 Å². The molecule has 0 aliphatic heterocycles. The Morgan fingerprint density at radius 2 is 1.83 bits per heavy atom. The number of imidazole rings is 1. The normalized spacial score (nSPS) is 10.9. The van der Waals surface area contributed by atoms with Crippen molar-refractivity contribution in [2.75, 3.05) is 0 Å². The van der Waals surface area contributed by atoms with Gasteiger partial charge in [0.2, 0.25) is 11.7 Å². The molecule has 0 aliphatic carbocycles. The molecule has 0 unspecified atom stereocenters. The molecule has 7 nitrogen and oxygen atoms in total. The summed E-state index contributed by atoms with van der Waals surface area (Å²) in [5.74, 6) is 1.45. The Morgan fingerprint density at radius 1 is 1.03 bits per heavy atom. The number of aryl methyl sites for hydroxylation is 3. The molecular weight excluding hydrogens is 378 g/mol. The van der Waals surface area contributed by atoms with Crippen molar-refractivity contribution in [2.24, 2.45) is 0 Å². The van der Waals surface area contributed by atoms with Gasteiger partial charge in [-0.2, -0.15) is 4.98 Å². The van der Waals surface area contributed by atoms with Crippen LogP contribution in [0.3, 0.4) is 0 Å². The molecule has 1 N–H and O–H groups in total. The van der Waals surface area contributed by atoms with E-state index in [4.69, 9.17) is 4.52 Å². The Hall–Kier alpha value is -3.74. The van der Waals surface area contributed by atoms with Crippen LogP contribution in [-0.4, -0.2) is 25.6 Å². The van der Waals surface area contributed by atoms with Gasteiger partial charge < -0.3 is 14.4 Å². The Kier molecular flexibility index (Phi) is 5.43. The summed E-state index contributed by atoms with van der Waals surface area (Å²) < 4.78 is 7.13. The van der Waals surface area contributed by atoms with Crippen LogP contribution in [0.15, 0.2) is 59.3 Å². The highest BCUT2D eigenvalue weighted by Crippen LogP contribution is 2.21. The largest absolute Gasteiger partial charge is 0.350 e. The highest BCUT2D eigenvalue weighted by Gasteiger charge is 2.15. The first kappa shape index (κ1) is 19.6. The van der Waals surface area contributed by atoms with Crippen LogP contribution in [0, 0.1) is 20.8 Å². The molecule has 0 radical (unpaired) electrons. The maximum Gasteiger partial charge on any atom is 0.258 e. The Morgan fingerprint density at radius 3 is 2.60 bits per heavy atom. The first-order valence-corrected chi connectivity index (χ1v) is 9.75. The van der Waals surface area contributed by atoms with Crippen LogP contribution in [0.25, 0.3) is 23.0 Å². The number of hydrogen-bond donors (Lipinski definition) is 1. The molecule has 0 saturated carbocycles. The molecule has 4 aromatic rings. The third-order valence-electron chi connectivity index (χ3n) is 5.03. The van der Waals surface area contributed by atoms with Gasteiger partial charge in [-0.25, -0.2) is 4.98 Å². The van der Waals surface area contributed by atoms with Crippen LogP contribution in [0.2, 0.25) is 0 Å². The zero-order valence-electron chi connectivity index (χ0n) is 17.2. The highest BCUT2D eigenvalue weighted by molar-refractivity contribution is 5.76. The zero-order chi connectivity index (χ0) is 21.1. The molecule has 2 heterocycles. The summed E-state index contributed by atoms with van der Waals surface area (Å²) in [4.78, 5) is 21.3. The molecule has 0 spiro atoms. The van der Waals surface area contributed by atoms with E-state index in [0.717, 1.165) is 11.1 Å². The SMILES string of the molecule is Cc1ccc(CNC(=O)Cn2cc(-c3noc(-c4ccccc4)n3)nc2C)cc1C. The number of nitrogens with zero attached hydrogens (tertiary/aromatic N) is 4. The number of hydrogen-bond acceptors (Lipinski definition) is 5. The third kappa shape index (κ3) is 4.30. The molecule has 2 aromatic carbocycles. The Balaban J connectivity index is 1.42. The molecule has 7 heteroatoms. The second-order valence-electron chi connectivity index (χ2n) is 7.29. The number of rotatable bonds is 6. The quantitative estimate of drug-likeness (QED) is 0.530. The standard InChI is InChI=1S/C23H23N5O2/c1-15-9-10-18(11-16(15)2)12-24-21(29)14-28-13-20(25-17(28)3)22-26-23(30-27-22)19-7-5-4-6-8-19/h4-11,13H,12,14H2,1-3H3,(H,24,29). The van der Waals surface area contributed by atoms with Gasteiger partial charge in [0.25, 0.3) is 5.89 Å². The third-order valence-corrected chi connectivity index (χ3v) is 5.03. The molecule has 0 atom stereocenters. The Bertz CT molecular complexity index is 1180. The van der Waals surface area contributed by atoms with E-state index in [1.54, 1.807) is 10.8 Å². The fourth-order valence-corrected chi connectivity index (χ4v) is 3.13. The average molecular weight is 401 g/mol. The number of aromatic nitrogens is 4. The summed E-state index contributed by atoms with van der Waals surface area (Å²) in [6.45, 7) is 6.65. The fourth-order valence-electron chi connectivity index (χ4n) is 3.13. The molecule has 0 aliphatic rings. The van der Waals surface area contributed by atoms with Gasteiger partial charge in [-0.3, -0.25) is 4.79 Å². The number of amides is 1. The monoisotopic (exact) mass is 401 g/mol. The van der Waals surface area contributed by atoms with Crippen molar-refractivity contribution in [3.05, 3.63) is 77.2 Å². The highest BCUT2D eigenvalue weighted by atomic mass is 16.5. The van der Waals surface area contributed by atoms with Crippen molar-refractivity contribution in [3.8, 4) is 23.0 Å². The lowest BCUT2D eigenvalue weighted by Crippen LogP contribution is -2.27. The van der Waals surface area contributed by atoms with E-state index in [2.05, 4.69) is 46.4 Å². The smallest absolute Gasteiger partial charge is 0.258 e. The number of benzene rings is 2. The number of nitrogens with one attached hydrogen (secondary N) is 1. The summed E-state index contributed by atoms with van der Waals surface area (Å²) >= 11 is 0. The molecule has 4 rings (SSSR count). The lowest BCUT2D eigenvalue weighted by atomic mass is 10.1. The van der Waals surface area contributed by atoms with Gasteiger partial charge in [0, 0.05) is 18.3 Å². The second-order valence-corrected chi connectivity index (χ2v) is 7.29. The first-order valence-electron chi connectivity index (χ1n) is 9.75. The van der Waals surface area contributed by atoms with E-state index in [1.807, 2.05) is 43.3 Å². The zero-order valence-corrected chi connectivity index (χ0v) is 17.2. The molecule has 0 saturated heterocycles. The van der Waals surface area contributed by atoms with Crippen molar-refractivity contribution in [2.45, 2.75) is 33.9 Å². The minimum Gasteiger partial charge on any atom is -0.350 e. The number of carbonyl (C=O) groups is 1. The van der Waals surface area contributed by atoms with Crippen molar-refractivity contribution in [3.63, 3.8) is 0 Å². The van der Waals surface area contributed by atoms with Crippen LogP contribution in [0.4, 0.5) is 0 Å². The summed E-state index contributed by atoms with van der Waals surface area (Å²) in [6.07, 6.45) is 1.77. The van der Waals surface area contributed by atoms with Gasteiger partial charge in [-0.1, -0.05) is 41.6 Å². The molecule has 2 aromatic heterocycles. The topological polar surface area (TPSA) is 85.8 Å². The summed E-state index contributed by atoms with van der Waals surface area (Å²) in [5, 5.41) is 6.98. The summed E-state index contributed by atoms with van der Waals surface area (Å²) in [7, 11) is 0. The number of carbonyl (C=O) groups excluding carboxylic acids is 1. The predicted molar refractivity (Wildman–Crippen MR) is 113 cm³/mol. The van der Waals surface area contributed by atoms with Gasteiger partial charge in [-0.05, 0) is 49.6 Å². The summed E-state index contributed by atoms with van der Waals surface area (Å²) in [5.41, 5.74) is 4.95. The van der Waals surface area contributed by atoms with Gasteiger partial charge in [0.1, 0.15) is 18.1 Å². The first-order chi connectivity index (χ1) is 14.5. The molecule has 1 amide bonds. The van der Waals surface area contributed by atoms with Crippen LogP contribution >= 0.6 is 0 Å². The molecule has 0 bridgehead atoms. The van der Waals surface area contributed by atoms with Gasteiger partial charge in [-0.15, -0.1) is 0 Å². The van der Waals surface area contributed by atoms with Crippen LogP contribution in [0.5, 0.6) is 0 Å². The van der Waals surface area contributed by atoms with Gasteiger partial charge in [0.05, 0.1) is 0 Å². The van der Waals surface area contributed by atoms with Gasteiger partial charge >= 0.3 is 0 Å². The molecular formula is C23H23N5O2. The minimum atomic E-state index is -0.0848.